The monoisotopic (exact) mass is 312 g/mol. The average molecular weight is 313 g/mol. The molecule has 0 aromatic heterocycles. The first kappa shape index (κ1) is 15.7. The molecular weight excluding hydrogens is 296 g/mol. The topological polar surface area (TPSA) is 72.7 Å². The molecule has 1 amide bonds. The number of nitrogens with zero attached hydrogens (tertiary/aromatic N) is 2. The summed E-state index contributed by atoms with van der Waals surface area (Å²) in [6.45, 7) is 3.66. The minimum absolute atomic E-state index is 0.0185. The highest BCUT2D eigenvalue weighted by molar-refractivity contribution is 6.33. The standard InChI is InChI=1S/C14H17ClN2O4/c1-2-21-10-6-8-16(9-7-10)14(18)11-4-3-5-12(15)13(11)17(19)20/h3-5,10H,2,6-9H2,1H3. The molecule has 1 aromatic carbocycles. The number of hydrogen-bond acceptors (Lipinski definition) is 4. The van der Waals surface area contributed by atoms with E-state index in [0.29, 0.717) is 19.7 Å². The number of nitro benzene ring substituents is 1. The molecule has 0 bridgehead atoms. The van der Waals surface area contributed by atoms with Crippen molar-refractivity contribution >= 4 is 23.2 Å². The van der Waals surface area contributed by atoms with Crippen molar-refractivity contribution in [3.05, 3.63) is 38.9 Å². The van der Waals surface area contributed by atoms with Gasteiger partial charge in [0.05, 0.1) is 11.0 Å². The molecule has 0 radical (unpaired) electrons. The molecule has 1 fully saturated rings. The molecule has 1 aromatic rings. The van der Waals surface area contributed by atoms with Crippen molar-refractivity contribution in [2.45, 2.75) is 25.9 Å². The Morgan fingerprint density at radius 3 is 2.71 bits per heavy atom. The third kappa shape index (κ3) is 3.51. The molecule has 0 saturated carbocycles. The molecule has 1 heterocycles. The van der Waals surface area contributed by atoms with E-state index in [4.69, 9.17) is 16.3 Å². The summed E-state index contributed by atoms with van der Waals surface area (Å²) in [7, 11) is 0. The van der Waals surface area contributed by atoms with Crippen molar-refractivity contribution in [2.24, 2.45) is 0 Å². The van der Waals surface area contributed by atoms with E-state index in [2.05, 4.69) is 0 Å². The lowest BCUT2D eigenvalue weighted by molar-refractivity contribution is -0.385. The number of carbonyl (C=O) groups is 1. The van der Waals surface area contributed by atoms with Gasteiger partial charge in [-0.15, -0.1) is 0 Å². The summed E-state index contributed by atoms with van der Waals surface area (Å²) in [6.07, 6.45) is 1.65. The zero-order chi connectivity index (χ0) is 15.4. The third-order valence-corrected chi connectivity index (χ3v) is 3.84. The highest BCUT2D eigenvalue weighted by Gasteiger charge is 2.29. The van der Waals surface area contributed by atoms with Gasteiger partial charge in [-0.1, -0.05) is 17.7 Å². The number of hydrogen-bond donors (Lipinski definition) is 0. The Kier molecular flexibility index (Phi) is 5.14. The largest absolute Gasteiger partial charge is 0.378 e. The number of para-hydroxylation sites is 1. The summed E-state index contributed by atoms with van der Waals surface area (Å²) >= 11 is 5.84. The van der Waals surface area contributed by atoms with Crippen LogP contribution in [0.1, 0.15) is 30.1 Å². The van der Waals surface area contributed by atoms with Crippen LogP contribution in [-0.2, 0) is 4.74 Å². The number of halogens is 1. The van der Waals surface area contributed by atoms with Crippen LogP contribution >= 0.6 is 11.6 Å². The average Bonchev–Trinajstić information content (AvgIpc) is 2.47. The fourth-order valence-corrected chi connectivity index (χ4v) is 2.75. The molecule has 1 saturated heterocycles. The Hall–Kier alpha value is -1.66. The molecule has 7 heteroatoms. The normalized spacial score (nSPS) is 16.0. The second-order valence-electron chi connectivity index (χ2n) is 4.84. The van der Waals surface area contributed by atoms with Gasteiger partial charge in [-0.3, -0.25) is 14.9 Å². The van der Waals surface area contributed by atoms with E-state index in [1.165, 1.54) is 12.1 Å². The molecular formula is C14H17ClN2O4. The van der Waals surface area contributed by atoms with Crippen LogP contribution in [-0.4, -0.2) is 41.5 Å². The zero-order valence-corrected chi connectivity index (χ0v) is 12.5. The van der Waals surface area contributed by atoms with Crippen molar-refractivity contribution in [1.82, 2.24) is 4.90 Å². The van der Waals surface area contributed by atoms with Crippen LogP contribution in [0.15, 0.2) is 18.2 Å². The predicted octanol–water partition coefficient (Wildman–Crippen LogP) is 2.89. The van der Waals surface area contributed by atoms with E-state index in [0.717, 1.165) is 12.8 Å². The molecule has 6 nitrogen and oxygen atoms in total. The molecule has 1 aliphatic rings. The molecule has 0 aliphatic carbocycles. The van der Waals surface area contributed by atoms with Crippen LogP contribution in [0.2, 0.25) is 5.02 Å². The molecule has 1 aliphatic heterocycles. The maximum absolute atomic E-state index is 12.5. The van der Waals surface area contributed by atoms with Crippen LogP contribution in [0.25, 0.3) is 0 Å². The van der Waals surface area contributed by atoms with Crippen LogP contribution < -0.4 is 0 Å². The molecule has 0 N–H and O–H groups in total. The first-order valence-corrected chi connectivity index (χ1v) is 7.26. The number of rotatable bonds is 4. The zero-order valence-electron chi connectivity index (χ0n) is 11.8. The first-order valence-electron chi connectivity index (χ1n) is 6.88. The first-order chi connectivity index (χ1) is 10.0. The van der Waals surface area contributed by atoms with Gasteiger partial charge in [0.1, 0.15) is 10.6 Å². The van der Waals surface area contributed by atoms with Gasteiger partial charge in [-0.05, 0) is 31.9 Å². The van der Waals surface area contributed by atoms with Crippen LogP contribution in [0.5, 0.6) is 0 Å². The van der Waals surface area contributed by atoms with Crippen molar-refractivity contribution in [1.29, 1.82) is 0 Å². The molecule has 21 heavy (non-hydrogen) atoms. The molecule has 114 valence electrons. The number of nitro groups is 1. The molecule has 2 rings (SSSR count). The Labute approximate surface area is 127 Å². The van der Waals surface area contributed by atoms with E-state index in [9.17, 15) is 14.9 Å². The van der Waals surface area contributed by atoms with Gasteiger partial charge in [0.25, 0.3) is 5.91 Å². The van der Waals surface area contributed by atoms with Gasteiger partial charge in [0.2, 0.25) is 0 Å². The minimum atomic E-state index is -0.609. The van der Waals surface area contributed by atoms with Gasteiger partial charge in [-0.2, -0.15) is 0 Å². The molecule has 0 atom stereocenters. The lowest BCUT2D eigenvalue weighted by Crippen LogP contribution is -2.41. The number of benzene rings is 1. The maximum Gasteiger partial charge on any atom is 0.300 e. The quantitative estimate of drug-likeness (QED) is 0.633. The van der Waals surface area contributed by atoms with Gasteiger partial charge >= 0.3 is 5.69 Å². The number of carbonyl (C=O) groups excluding carboxylic acids is 1. The van der Waals surface area contributed by atoms with Gasteiger partial charge in [0.15, 0.2) is 0 Å². The van der Waals surface area contributed by atoms with Crippen molar-refractivity contribution in [3.63, 3.8) is 0 Å². The summed E-state index contributed by atoms with van der Waals surface area (Å²) in [5, 5.41) is 11.1. The van der Waals surface area contributed by atoms with Crippen molar-refractivity contribution in [3.8, 4) is 0 Å². The number of ether oxygens (including phenoxy) is 1. The van der Waals surface area contributed by atoms with Gasteiger partial charge in [0, 0.05) is 19.7 Å². The highest BCUT2D eigenvalue weighted by Crippen LogP contribution is 2.29. The summed E-state index contributed by atoms with van der Waals surface area (Å²) in [6, 6.07) is 4.41. The summed E-state index contributed by atoms with van der Waals surface area (Å²) in [5.74, 6) is -0.348. The SMILES string of the molecule is CCOC1CCN(C(=O)c2cccc(Cl)c2[N+](=O)[O-])CC1. The highest BCUT2D eigenvalue weighted by atomic mass is 35.5. The van der Waals surface area contributed by atoms with Crippen LogP contribution in [0, 0.1) is 10.1 Å². The number of likely N-dealkylation sites (tertiary alicyclic amines) is 1. The van der Waals surface area contributed by atoms with E-state index < -0.39 is 4.92 Å². The Morgan fingerprint density at radius 1 is 1.48 bits per heavy atom. The smallest absolute Gasteiger partial charge is 0.300 e. The van der Waals surface area contributed by atoms with Gasteiger partial charge < -0.3 is 9.64 Å². The second kappa shape index (κ2) is 6.87. The maximum atomic E-state index is 12.5. The van der Waals surface area contributed by atoms with E-state index in [1.807, 2.05) is 6.92 Å². The lowest BCUT2D eigenvalue weighted by Gasteiger charge is -2.31. The summed E-state index contributed by atoms with van der Waals surface area (Å²) < 4.78 is 5.53. The van der Waals surface area contributed by atoms with E-state index in [1.54, 1.807) is 11.0 Å². The molecule has 0 unspecified atom stereocenters. The van der Waals surface area contributed by atoms with Crippen LogP contribution in [0.3, 0.4) is 0 Å². The predicted molar refractivity (Wildman–Crippen MR) is 78.7 cm³/mol. The van der Waals surface area contributed by atoms with Gasteiger partial charge in [-0.25, -0.2) is 0 Å². The number of piperidine rings is 1. The van der Waals surface area contributed by atoms with E-state index >= 15 is 0 Å². The third-order valence-electron chi connectivity index (χ3n) is 3.53. The Morgan fingerprint density at radius 2 is 2.14 bits per heavy atom. The van der Waals surface area contributed by atoms with Crippen molar-refractivity contribution in [2.75, 3.05) is 19.7 Å². The summed E-state index contributed by atoms with van der Waals surface area (Å²) in [5.41, 5.74) is -0.279. The van der Waals surface area contributed by atoms with E-state index in [-0.39, 0.29) is 28.3 Å². The van der Waals surface area contributed by atoms with Crippen LogP contribution in [0.4, 0.5) is 5.69 Å². The second-order valence-corrected chi connectivity index (χ2v) is 5.25. The van der Waals surface area contributed by atoms with Crippen molar-refractivity contribution < 1.29 is 14.5 Å². The molecule has 0 spiro atoms. The summed E-state index contributed by atoms with van der Waals surface area (Å²) in [4.78, 5) is 24.6. The fourth-order valence-electron chi connectivity index (χ4n) is 2.51. The minimum Gasteiger partial charge on any atom is -0.378 e. The number of amides is 1. The Bertz CT molecular complexity index is 542. The lowest BCUT2D eigenvalue weighted by atomic mass is 10.1. The Balaban J connectivity index is 2.15. The fraction of sp³-hybridized carbons (Fsp3) is 0.500.